The summed E-state index contributed by atoms with van der Waals surface area (Å²) >= 11 is 0. The van der Waals surface area contributed by atoms with Crippen LogP contribution in [-0.4, -0.2) is 53.4 Å². The normalized spacial score (nSPS) is 24.9. The predicted molar refractivity (Wildman–Crippen MR) is 106 cm³/mol. The van der Waals surface area contributed by atoms with Gasteiger partial charge in [-0.05, 0) is 11.1 Å². The van der Waals surface area contributed by atoms with Crippen molar-refractivity contribution in [2.75, 3.05) is 6.61 Å². The topological polar surface area (TPSA) is 97.3 Å². The molecule has 1 saturated heterocycles. The van der Waals surface area contributed by atoms with Crippen molar-refractivity contribution in [3.05, 3.63) is 71.8 Å². The van der Waals surface area contributed by atoms with Gasteiger partial charge in [0, 0.05) is 6.92 Å². The molecule has 5 atom stereocenters. The van der Waals surface area contributed by atoms with Crippen LogP contribution < -0.4 is 5.32 Å². The van der Waals surface area contributed by atoms with E-state index in [2.05, 4.69) is 5.32 Å². The molecule has 0 radical (unpaired) electrons. The van der Waals surface area contributed by atoms with Crippen molar-refractivity contribution in [2.24, 2.45) is 0 Å². The molecule has 7 nitrogen and oxygen atoms in total. The fourth-order valence-electron chi connectivity index (χ4n) is 3.34. The summed E-state index contributed by atoms with van der Waals surface area (Å²) in [6.45, 7) is 1.45. The third kappa shape index (κ3) is 5.85. The third-order valence-corrected chi connectivity index (χ3v) is 4.74. The van der Waals surface area contributed by atoms with Gasteiger partial charge in [0.05, 0.1) is 19.8 Å². The van der Waals surface area contributed by atoms with Crippen molar-refractivity contribution in [1.82, 2.24) is 5.32 Å². The van der Waals surface area contributed by atoms with Gasteiger partial charge in [-0.15, -0.1) is 0 Å². The van der Waals surface area contributed by atoms with Gasteiger partial charge in [0.15, 0.2) is 6.29 Å². The summed E-state index contributed by atoms with van der Waals surface area (Å²) in [4.78, 5) is 11.8. The zero-order valence-corrected chi connectivity index (χ0v) is 16.3. The van der Waals surface area contributed by atoms with Crippen LogP contribution in [0.1, 0.15) is 18.1 Å². The van der Waals surface area contributed by atoms with Gasteiger partial charge >= 0.3 is 0 Å². The first-order valence-corrected chi connectivity index (χ1v) is 9.61. The Morgan fingerprint density at radius 1 is 1.03 bits per heavy atom. The Labute approximate surface area is 170 Å². The van der Waals surface area contributed by atoms with Gasteiger partial charge in [-0.25, -0.2) is 0 Å². The molecule has 0 unspecified atom stereocenters. The molecule has 1 heterocycles. The summed E-state index contributed by atoms with van der Waals surface area (Å²) in [5, 5.41) is 22.5. The second-order valence-corrected chi connectivity index (χ2v) is 7.00. The number of aliphatic hydroxyl groups excluding tert-OH is 2. The van der Waals surface area contributed by atoms with E-state index >= 15 is 0 Å². The van der Waals surface area contributed by atoms with Crippen LogP contribution in [0.4, 0.5) is 0 Å². The number of rotatable bonds is 9. The van der Waals surface area contributed by atoms with Gasteiger partial charge in [0.1, 0.15) is 24.4 Å². The van der Waals surface area contributed by atoms with Crippen LogP contribution in [0, 0.1) is 0 Å². The maximum absolute atomic E-state index is 11.8. The van der Waals surface area contributed by atoms with Gasteiger partial charge in [0.2, 0.25) is 5.91 Å². The minimum atomic E-state index is -1.17. The molecule has 3 rings (SSSR count). The molecular weight excluding hydrogens is 374 g/mol. The van der Waals surface area contributed by atoms with Gasteiger partial charge < -0.3 is 29.7 Å². The number of nitrogens with one attached hydrogen (secondary N) is 1. The van der Waals surface area contributed by atoms with Gasteiger partial charge in [-0.2, -0.15) is 0 Å². The maximum atomic E-state index is 11.8. The first-order chi connectivity index (χ1) is 14.1. The first-order valence-electron chi connectivity index (χ1n) is 9.61. The van der Waals surface area contributed by atoms with Crippen LogP contribution in [-0.2, 0) is 32.2 Å². The van der Waals surface area contributed by atoms with E-state index in [1.165, 1.54) is 6.92 Å². The second kappa shape index (κ2) is 10.5. The van der Waals surface area contributed by atoms with E-state index in [0.29, 0.717) is 0 Å². The molecule has 1 fully saturated rings. The molecule has 1 amide bonds. The molecule has 0 aliphatic carbocycles. The highest BCUT2D eigenvalue weighted by Crippen LogP contribution is 2.29. The predicted octanol–water partition coefficient (Wildman–Crippen LogP) is 1.37. The van der Waals surface area contributed by atoms with E-state index in [1.807, 2.05) is 60.7 Å². The molecule has 29 heavy (non-hydrogen) atoms. The number of carbonyl (C=O) groups excluding carboxylic acids is 1. The molecule has 0 saturated carbocycles. The van der Waals surface area contributed by atoms with Gasteiger partial charge in [-0.1, -0.05) is 60.7 Å². The summed E-state index contributed by atoms with van der Waals surface area (Å²) in [6, 6.07) is 18.5. The number of carbonyl (C=O) groups is 1. The lowest BCUT2D eigenvalue weighted by Gasteiger charge is -2.26. The summed E-state index contributed by atoms with van der Waals surface area (Å²) in [6.07, 6.45) is -3.54. The zero-order valence-electron chi connectivity index (χ0n) is 16.3. The Hall–Kier alpha value is -2.29. The number of aliphatic hydroxyl groups is 2. The van der Waals surface area contributed by atoms with Crippen LogP contribution in [0.25, 0.3) is 0 Å². The lowest BCUT2D eigenvalue weighted by atomic mass is 10.0. The van der Waals surface area contributed by atoms with E-state index in [0.717, 1.165) is 11.1 Å². The Morgan fingerprint density at radius 3 is 2.10 bits per heavy atom. The number of hydrogen-bond acceptors (Lipinski definition) is 6. The molecule has 2 aromatic rings. The molecule has 156 valence electrons. The van der Waals surface area contributed by atoms with Crippen molar-refractivity contribution in [2.45, 2.75) is 50.8 Å². The molecular formula is C22H27NO6. The number of hydrogen-bond donors (Lipinski definition) is 3. The smallest absolute Gasteiger partial charge is 0.217 e. The standard InChI is InChI=1S/C22H27NO6/c1-15(25)23-19-21(27-13-16-8-4-2-5-9-16)20(18(26)12-24)29-22(19)28-14-17-10-6-3-7-11-17/h2-11,18-22,24,26H,12-14H2,1H3,(H,23,25)/t18-,19-,20-,21-,22-/m1/s1. The van der Waals surface area contributed by atoms with E-state index in [-0.39, 0.29) is 19.1 Å². The van der Waals surface area contributed by atoms with E-state index in [1.54, 1.807) is 0 Å². The fourth-order valence-corrected chi connectivity index (χ4v) is 3.34. The highest BCUT2D eigenvalue weighted by Gasteiger charge is 2.49. The van der Waals surface area contributed by atoms with E-state index in [4.69, 9.17) is 14.2 Å². The summed E-state index contributed by atoms with van der Waals surface area (Å²) in [5.41, 5.74) is 1.89. The average Bonchev–Trinajstić information content (AvgIpc) is 3.08. The minimum Gasteiger partial charge on any atom is -0.394 e. The van der Waals surface area contributed by atoms with E-state index in [9.17, 15) is 15.0 Å². The van der Waals surface area contributed by atoms with Crippen LogP contribution in [0.15, 0.2) is 60.7 Å². The van der Waals surface area contributed by atoms with Gasteiger partial charge in [0.25, 0.3) is 0 Å². The molecule has 0 aromatic heterocycles. The highest BCUT2D eigenvalue weighted by atomic mass is 16.7. The Kier molecular flexibility index (Phi) is 7.74. The number of amides is 1. The Bertz CT molecular complexity index is 756. The Morgan fingerprint density at radius 2 is 1.59 bits per heavy atom. The third-order valence-electron chi connectivity index (χ3n) is 4.74. The van der Waals surface area contributed by atoms with Gasteiger partial charge in [-0.3, -0.25) is 4.79 Å². The number of ether oxygens (including phenoxy) is 3. The second-order valence-electron chi connectivity index (χ2n) is 7.00. The van der Waals surface area contributed by atoms with Crippen molar-refractivity contribution >= 4 is 5.91 Å². The summed E-state index contributed by atoms with van der Waals surface area (Å²) in [5.74, 6) is -0.264. The lowest BCUT2D eigenvalue weighted by Crippen LogP contribution is -2.50. The lowest BCUT2D eigenvalue weighted by molar-refractivity contribution is -0.174. The molecule has 2 aromatic carbocycles. The summed E-state index contributed by atoms with van der Waals surface area (Å²) < 4.78 is 17.8. The van der Waals surface area contributed by atoms with Crippen molar-refractivity contribution in [1.29, 1.82) is 0 Å². The summed E-state index contributed by atoms with van der Waals surface area (Å²) in [7, 11) is 0. The fraction of sp³-hybridized carbons (Fsp3) is 0.409. The molecule has 3 N–H and O–H groups in total. The Balaban J connectivity index is 1.75. The van der Waals surface area contributed by atoms with Crippen LogP contribution in [0.5, 0.6) is 0 Å². The van der Waals surface area contributed by atoms with Crippen LogP contribution >= 0.6 is 0 Å². The van der Waals surface area contributed by atoms with Crippen LogP contribution in [0.3, 0.4) is 0 Å². The molecule has 0 bridgehead atoms. The largest absolute Gasteiger partial charge is 0.394 e. The van der Waals surface area contributed by atoms with Crippen molar-refractivity contribution < 1.29 is 29.2 Å². The maximum Gasteiger partial charge on any atom is 0.217 e. The van der Waals surface area contributed by atoms with Crippen LogP contribution in [0.2, 0.25) is 0 Å². The van der Waals surface area contributed by atoms with E-state index < -0.39 is 37.3 Å². The van der Waals surface area contributed by atoms with Crippen molar-refractivity contribution in [3.63, 3.8) is 0 Å². The highest BCUT2D eigenvalue weighted by molar-refractivity contribution is 5.73. The quantitative estimate of drug-likeness (QED) is 0.587. The minimum absolute atomic E-state index is 0.264. The molecule has 7 heteroatoms. The molecule has 0 spiro atoms. The first kappa shape index (κ1) is 21.4. The SMILES string of the molecule is CC(=O)N[C@H]1[C@H](OCc2ccccc2)O[C@H]([C@H](O)CO)[C@@H]1OCc1ccccc1. The molecule has 1 aliphatic rings. The molecule has 1 aliphatic heterocycles. The number of benzene rings is 2. The monoisotopic (exact) mass is 401 g/mol. The zero-order chi connectivity index (χ0) is 20.6. The van der Waals surface area contributed by atoms with Crippen molar-refractivity contribution in [3.8, 4) is 0 Å². The average molecular weight is 401 g/mol.